The van der Waals surface area contributed by atoms with Crippen molar-refractivity contribution in [1.29, 1.82) is 0 Å². The van der Waals surface area contributed by atoms with E-state index in [0.717, 1.165) is 45.2 Å². The lowest BCUT2D eigenvalue weighted by Gasteiger charge is -2.08. The minimum atomic E-state index is -0.0359. The molecule has 0 radical (unpaired) electrons. The van der Waals surface area contributed by atoms with Crippen molar-refractivity contribution in [3.8, 4) is 0 Å². The molecule has 2 saturated heterocycles. The highest BCUT2D eigenvalue weighted by atomic mass is 16.5. The Morgan fingerprint density at radius 1 is 1.00 bits per heavy atom. The Morgan fingerprint density at radius 3 is 2.32 bits per heavy atom. The standard InChI is InChI=1S/C6H11NO.C6H11N.C5H8O2/c8-6-4-2-1-3-5-7-6;1-2-6-4-3-5-7-6;6-5-3-1-2-4-7-5/h1-5H2,(H,7,8);2-5H2,1H3;1-4H2. The van der Waals surface area contributed by atoms with Gasteiger partial charge in [-0.15, -0.1) is 0 Å². The van der Waals surface area contributed by atoms with Gasteiger partial charge in [0.25, 0.3) is 0 Å². The van der Waals surface area contributed by atoms with Crippen LogP contribution in [0.15, 0.2) is 4.99 Å². The fourth-order valence-corrected chi connectivity index (χ4v) is 2.42. The third kappa shape index (κ3) is 9.53. The minimum Gasteiger partial charge on any atom is -0.466 e. The molecule has 0 aliphatic carbocycles. The Balaban J connectivity index is 0.000000166. The number of hydrogen-bond donors (Lipinski definition) is 1. The number of carbonyl (C=O) groups is 2. The number of hydrogen-bond acceptors (Lipinski definition) is 4. The van der Waals surface area contributed by atoms with Gasteiger partial charge in [0.2, 0.25) is 5.91 Å². The van der Waals surface area contributed by atoms with Crippen molar-refractivity contribution >= 4 is 17.6 Å². The van der Waals surface area contributed by atoms with Crippen LogP contribution in [0.5, 0.6) is 0 Å². The van der Waals surface area contributed by atoms with Gasteiger partial charge in [-0.3, -0.25) is 14.6 Å². The summed E-state index contributed by atoms with van der Waals surface area (Å²) >= 11 is 0. The van der Waals surface area contributed by atoms with Gasteiger partial charge in [0.05, 0.1) is 6.61 Å². The van der Waals surface area contributed by atoms with Gasteiger partial charge >= 0.3 is 5.97 Å². The summed E-state index contributed by atoms with van der Waals surface area (Å²) < 4.78 is 4.64. The van der Waals surface area contributed by atoms with Crippen LogP contribution >= 0.6 is 0 Å². The predicted molar refractivity (Wildman–Crippen MR) is 88.1 cm³/mol. The molecule has 0 aromatic rings. The second-order valence-corrected chi connectivity index (χ2v) is 5.74. The molecule has 126 valence electrons. The van der Waals surface area contributed by atoms with E-state index in [0.29, 0.717) is 13.0 Å². The first-order chi connectivity index (χ1) is 10.7. The van der Waals surface area contributed by atoms with E-state index in [4.69, 9.17) is 0 Å². The number of nitrogens with one attached hydrogen (secondary N) is 1. The Hall–Kier alpha value is -1.39. The van der Waals surface area contributed by atoms with E-state index in [1.807, 2.05) is 0 Å². The summed E-state index contributed by atoms with van der Waals surface area (Å²) in [5.41, 5.74) is 1.42. The van der Waals surface area contributed by atoms with Crippen molar-refractivity contribution in [3.63, 3.8) is 0 Å². The van der Waals surface area contributed by atoms with Crippen LogP contribution in [-0.4, -0.2) is 37.3 Å². The van der Waals surface area contributed by atoms with Crippen LogP contribution in [0.4, 0.5) is 0 Å². The van der Waals surface area contributed by atoms with Crippen LogP contribution in [0.2, 0.25) is 0 Å². The molecule has 0 atom stereocenters. The molecule has 22 heavy (non-hydrogen) atoms. The van der Waals surface area contributed by atoms with Gasteiger partial charge in [-0.05, 0) is 44.9 Å². The third-order valence-corrected chi connectivity index (χ3v) is 3.81. The smallest absolute Gasteiger partial charge is 0.305 e. The van der Waals surface area contributed by atoms with E-state index in [-0.39, 0.29) is 11.9 Å². The maximum Gasteiger partial charge on any atom is 0.305 e. The van der Waals surface area contributed by atoms with Crippen LogP contribution in [0.25, 0.3) is 0 Å². The highest BCUT2D eigenvalue weighted by molar-refractivity contribution is 5.85. The molecule has 5 nitrogen and oxygen atoms in total. The molecule has 3 aliphatic heterocycles. The van der Waals surface area contributed by atoms with Gasteiger partial charge in [-0.25, -0.2) is 0 Å². The molecular weight excluding hydrogens is 280 g/mol. The summed E-state index contributed by atoms with van der Waals surface area (Å²) in [5.74, 6) is 0.189. The largest absolute Gasteiger partial charge is 0.466 e. The highest BCUT2D eigenvalue weighted by Crippen LogP contribution is 2.05. The zero-order chi connectivity index (χ0) is 16.0. The summed E-state index contributed by atoms with van der Waals surface area (Å²) in [6.07, 6.45) is 10.6. The summed E-state index contributed by atoms with van der Waals surface area (Å²) in [5, 5.41) is 2.81. The molecule has 1 amide bonds. The van der Waals surface area contributed by atoms with Crippen molar-refractivity contribution < 1.29 is 14.3 Å². The van der Waals surface area contributed by atoms with E-state index in [1.165, 1.54) is 31.4 Å². The fourth-order valence-electron chi connectivity index (χ4n) is 2.42. The molecule has 3 aliphatic rings. The quantitative estimate of drug-likeness (QED) is 0.757. The normalized spacial score (nSPS) is 21.0. The number of nitrogens with zero attached hydrogens (tertiary/aromatic N) is 1. The van der Waals surface area contributed by atoms with Crippen molar-refractivity contribution in [2.75, 3.05) is 19.7 Å². The molecule has 0 unspecified atom stereocenters. The number of ether oxygens (including phenoxy) is 1. The van der Waals surface area contributed by atoms with Crippen LogP contribution in [0.3, 0.4) is 0 Å². The first-order valence-electron chi connectivity index (χ1n) is 8.67. The zero-order valence-corrected chi connectivity index (χ0v) is 13.9. The van der Waals surface area contributed by atoms with Crippen molar-refractivity contribution in [1.82, 2.24) is 5.32 Å². The van der Waals surface area contributed by atoms with Crippen molar-refractivity contribution in [3.05, 3.63) is 0 Å². The van der Waals surface area contributed by atoms with Gasteiger partial charge in [0.15, 0.2) is 0 Å². The fraction of sp³-hybridized carbons (Fsp3) is 0.824. The molecule has 0 aromatic carbocycles. The Kier molecular flexibility index (Phi) is 10.3. The van der Waals surface area contributed by atoms with E-state index >= 15 is 0 Å². The summed E-state index contributed by atoms with van der Waals surface area (Å²) in [6, 6.07) is 0. The molecule has 2 fully saturated rings. The maximum absolute atomic E-state index is 10.6. The van der Waals surface area contributed by atoms with Crippen LogP contribution in [-0.2, 0) is 14.3 Å². The first-order valence-corrected chi connectivity index (χ1v) is 8.67. The van der Waals surface area contributed by atoms with Gasteiger partial charge in [0, 0.05) is 31.6 Å². The lowest BCUT2D eigenvalue weighted by Crippen LogP contribution is -2.21. The molecule has 1 N–H and O–H groups in total. The summed E-state index contributed by atoms with van der Waals surface area (Å²) in [7, 11) is 0. The number of carbonyl (C=O) groups excluding carboxylic acids is 2. The predicted octanol–water partition coefficient (Wildman–Crippen LogP) is 3.02. The van der Waals surface area contributed by atoms with Crippen LogP contribution in [0, 0.1) is 0 Å². The Morgan fingerprint density at radius 2 is 1.82 bits per heavy atom. The maximum atomic E-state index is 10.6. The third-order valence-electron chi connectivity index (χ3n) is 3.81. The van der Waals surface area contributed by atoms with Crippen molar-refractivity contribution in [2.45, 2.75) is 71.1 Å². The minimum absolute atomic E-state index is 0.0359. The van der Waals surface area contributed by atoms with Crippen LogP contribution in [0.1, 0.15) is 71.1 Å². The molecule has 0 aromatic heterocycles. The average Bonchev–Trinajstić information content (AvgIpc) is 2.96. The molecule has 0 bridgehead atoms. The van der Waals surface area contributed by atoms with E-state index < -0.39 is 0 Å². The second-order valence-electron chi connectivity index (χ2n) is 5.74. The monoisotopic (exact) mass is 310 g/mol. The summed E-state index contributed by atoms with van der Waals surface area (Å²) in [6.45, 7) is 4.78. The number of rotatable bonds is 1. The molecule has 3 heterocycles. The lowest BCUT2D eigenvalue weighted by molar-refractivity contribution is -0.146. The molecule has 5 heteroatoms. The SMILES string of the molecule is CCC1=NCCC1.O=C1CCCCCN1.O=C1CCCCO1. The summed E-state index contributed by atoms with van der Waals surface area (Å²) in [4.78, 5) is 25.1. The number of amides is 1. The van der Waals surface area contributed by atoms with Gasteiger partial charge < -0.3 is 10.1 Å². The topological polar surface area (TPSA) is 67.8 Å². The van der Waals surface area contributed by atoms with Gasteiger partial charge in [0.1, 0.15) is 0 Å². The van der Waals surface area contributed by atoms with Gasteiger partial charge in [-0.1, -0.05) is 13.3 Å². The number of esters is 1. The lowest BCUT2D eigenvalue weighted by atomic mass is 10.2. The number of cyclic esters (lactones) is 1. The van der Waals surface area contributed by atoms with E-state index in [1.54, 1.807) is 0 Å². The van der Waals surface area contributed by atoms with E-state index in [9.17, 15) is 9.59 Å². The van der Waals surface area contributed by atoms with Crippen LogP contribution < -0.4 is 5.32 Å². The molecular formula is C17H30N2O3. The number of aliphatic imine (C=N–C) groups is 1. The molecule has 0 spiro atoms. The zero-order valence-electron chi connectivity index (χ0n) is 13.9. The molecule has 0 saturated carbocycles. The average molecular weight is 310 g/mol. The Bertz CT molecular complexity index is 349. The first kappa shape index (κ1) is 18.7. The van der Waals surface area contributed by atoms with E-state index in [2.05, 4.69) is 22.0 Å². The highest BCUT2D eigenvalue weighted by Gasteiger charge is 2.06. The Labute approximate surface area is 133 Å². The molecule has 3 rings (SSSR count). The second kappa shape index (κ2) is 12.2. The van der Waals surface area contributed by atoms with Gasteiger partial charge in [-0.2, -0.15) is 0 Å². The van der Waals surface area contributed by atoms with Crippen molar-refractivity contribution in [2.24, 2.45) is 4.99 Å².